The summed E-state index contributed by atoms with van der Waals surface area (Å²) in [4.78, 5) is 6.63. The van der Waals surface area contributed by atoms with Crippen molar-refractivity contribution >= 4 is 16.0 Å². The first kappa shape index (κ1) is 28.5. The molecule has 2 atom stereocenters. The Morgan fingerprint density at radius 3 is 2.39 bits per heavy atom. The lowest BCUT2D eigenvalue weighted by Crippen LogP contribution is -2.59. The van der Waals surface area contributed by atoms with E-state index in [1.165, 1.54) is 11.6 Å². The van der Waals surface area contributed by atoms with Crippen LogP contribution in [0.15, 0.2) is 53.5 Å². The molecule has 2 heterocycles. The van der Waals surface area contributed by atoms with Gasteiger partial charge < -0.3 is 19.8 Å². The summed E-state index contributed by atoms with van der Waals surface area (Å²) in [5, 5.41) is 17.8. The summed E-state index contributed by atoms with van der Waals surface area (Å²) in [6, 6.07) is 13.2. The molecule has 0 aromatic heterocycles. The third-order valence-corrected chi connectivity index (χ3v) is 9.50. The second kappa shape index (κ2) is 12.1. The minimum atomic E-state index is -3.86. The van der Waals surface area contributed by atoms with Gasteiger partial charge in [0.05, 0.1) is 12.6 Å². The zero-order chi connectivity index (χ0) is 27.3. The van der Waals surface area contributed by atoms with Crippen molar-refractivity contribution in [3.05, 3.63) is 71.0 Å². The number of aliphatic imine (C=N–C) groups is 1. The van der Waals surface area contributed by atoms with E-state index in [-0.39, 0.29) is 37.6 Å². The Balaban J connectivity index is 1.47. The molecule has 0 saturated carbocycles. The molecule has 4 rings (SSSR count). The Hall–Kier alpha value is -2.53. The summed E-state index contributed by atoms with van der Waals surface area (Å²) in [5.41, 5.74) is 1.30. The number of sulfonamides is 1. The van der Waals surface area contributed by atoms with Crippen LogP contribution >= 0.6 is 0 Å². The minimum Gasteiger partial charge on any atom is -0.457 e. The van der Waals surface area contributed by atoms with Crippen molar-refractivity contribution in [2.24, 2.45) is 4.99 Å². The molecule has 0 amide bonds. The van der Waals surface area contributed by atoms with Crippen molar-refractivity contribution in [1.29, 1.82) is 0 Å². The number of nitrogens with one attached hydrogen (secondary N) is 1. The Morgan fingerprint density at radius 2 is 1.79 bits per heavy atom. The first-order valence-corrected chi connectivity index (χ1v) is 14.7. The molecule has 2 aromatic rings. The summed E-state index contributed by atoms with van der Waals surface area (Å²) in [6.45, 7) is 6.00. The summed E-state index contributed by atoms with van der Waals surface area (Å²) in [6.07, 6.45) is 2.45. The fourth-order valence-electron chi connectivity index (χ4n) is 5.38. The molecule has 3 N–H and O–H groups in total. The van der Waals surface area contributed by atoms with E-state index in [4.69, 9.17) is 9.84 Å². The van der Waals surface area contributed by atoms with E-state index in [0.29, 0.717) is 12.5 Å². The largest absolute Gasteiger partial charge is 0.457 e. The molecule has 0 spiro atoms. The molecule has 2 aromatic carbocycles. The van der Waals surface area contributed by atoms with Crippen LogP contribution in [-0.4, -0.2) is 73.3 Å². The predicted octanol–water partition coefficient (Wildman–Crippen LogP) is 3.12. The molecule has 2 aliphatic rings. The van der Waals surface area contributed by atoms with Crippen molar-refractivity contribution in [1.82, 2.24) is 9.62 Å². The number of piperidine rings is 1. The van der Waals surface area contributed by atoms with Crippen molar-refractivity contribution in [2.45, 2.75) is 62.3 Å². The lowest BCUT2D eigenvalue weighted by Gasteiger charge is -2.39. The van der Waals surface area contributed by atoms with Crippen LogP contribution in [0.4, 0.5) is 4.39 Å². The van der Waals surface area contributed by atoms with Gasteiger partial charge >= 0.3 is 0 Å². The van der Waals surface area contributed by atoms with Gasteiger partial charge in [0, 0.05) is 18.7 Å². The molecule has 2 unspecified atom stereocenters. The normalized spacial score (nSPS) is 23.5. The highest BCUT2D eigenvalue weighted by atomic mass is 32.2. The van der Waals surface area contributed by atoms with Crippen LogP contribution in [0.5, 0.6) is 0 Å². The van der Waals surface area contributed by atoms with Crippen LogP contribution in [0, 0.1) is 5.82 Å². The molecule has 2 aliphatic heterocycles. The summed E-state index contributed by atoms with van der Waals surface area (Å²) >= 11 is 0. The number of aliphatic hydroxyl groups excluding tert-OH is 2. The maximum absolute atomic E-state index is 14.4. The van der Waals surface area contributed by atoms with Gasteiger partial charge in [0.2, 0.25) is 10.0 Å². The van der Waals surface area contributed by atoms with Crippen molar-refractivity contribution in [3.63, 3.8) is 0 Å². The van der Waals surface area contributed by atoms with Gasteiger partial charge in [-0.05, 0) is 75.7 Å². The number of halogens is 1. The second-order valence-electron chi connectivity index (χ2n) is 10.6. The molecule has 208 valence electrons. The topological polar surface area (TPSA) is 111 Å². The molecular weight excluding hydrogens is 509 g/mol. The highest BCUT2D eigenvalue weighted by Gasteiger charge is 2.47. The van der Waals surface area contributed by atoms with Gasteiger partial charge in [-0.1, -0.05) is 42.5 Å². The Kier molecular flexibility index (Phi) is 9.07. The molecule has 0 bridgehead atoms. The highest BCUT2D eigenvalue weighted by molar-refractivity contribution is 7.90. The molecule has 8 nitrogen and oxygen atoms in total. The number of benzene rings is 2. The fourth-order valence-corrected chi connectivity index (χ4v) is 7.07. The van der Waals surface area contributed by atoms with E-state index in [0.717, 1.165) is 31.5 Å². The number of nitrogens with zero attached hydrogens (tertiary/aromatic N) is 2. The average Bonchev–Trinajstić information content (AvgIpc) is 2.87. The Morgan fingerprint density at radius 1 is 1.11 bits per heavy atom. The molecule has 38 heavy (non-hydrogen) atoms. The van der Waals surface area contributed by atoms with Crippen LogP contribution in [0.1, 0.15) is 61.8 Å². The van der Waals surface area contributed by atoms with Crippen LogP contribution in [0.2, 0.25) is 0 Å². The summed E-state index contributed by atoms with van der Waals surface area (Å²) in [7, 11) is -3.86. The van der Waals surface area contributed by atoms with Crippen LogP contribution < -0.4 is 4.72 Å². The third-order valence-electron chi connectivity index (χ3n) is 7.56. The van der Waals surface area contributed by atoms with Crippen LogP contribution in [0.25, 0.3) is 0 Å². The van der Waals surface area contributed by atoms with Gasteiger partial charge in [0.1, 0.15) is 16.7 Å². The number of aliphatic hydroxyl groups is 2. The summed E-state index contributed by atoms with van der Waals surface area (Å²) < 4.78 is 49.5. The number of hydrogen-bond donors (Lipinski definition) is 3. The van der Waals surface area contributed by atoms with E-state index in [9.17, 15) is 17.9 Å². The van der Waals surface area contributed by atoms with Crippen LogP contribution in [-0.2, 0) is 21.2 Å². The monoisotopic (exact) mass is 547 g/mol. The number of hydrogen-bond acceptors (Lipinski definition) is 7. The van der Waals surface area contributed by atoms with Gasteiger partial charge in [-0.2, -0.15) is 0 Å². The maximum Gasteiger partial charge on any atom is 0.299 e. The molecule has 10 heteroatoms. The molecular formula is C28H38FN3O5S. The third kappa shape index (κ3) is 6.72. The van der Waals surface area contributed by atoms with Crippen LogP contribution in [0.3, 0.4) is 0 Å². The number of β-amino-alcohol motifs (C(OH)–C–C–N with tert-alkyl or cyclic N) is 1. The van der Waals surface area contributed by atoms with E-state index in [1.54, 1.807) is 32.0 Å². The van der Waals surface area contributed by atoms with Gasteiger partial charge in [0.25, 0.3) is 6.02 Å². The summed E-state index contributed by atoms with van der Waals surface area (Å²) in [5.74, 6) is -0.0239. The van der Waals surface area contributed by atoms with E-state index < -0.39 is 32.7 Å². The molecule has 2 saturated heterocycles. The smallest absolute Gasteiger partial charge is 0.299 e. The average molecular weight is 548 g/mol. The highest BCUT2D eigenvalue weighted by Crippen LogP contribution is 2.32. The zero-order valence-corrected chi connectivity index (χ0v) is 22.8. The zero-order valence-electron chi connectivity index (χ0n) is 22.0. The van der Waals surface area contributed by atoms with Gasteiger partial charge in [-0.3, -0.25) is 0 Å². The fraction of sp³-hybridized carbons (Fsp3) is 0.536. The number of rotatable bonds is 9. The molecule has 0 aliphatic carbocycles. The molecule has 2 fully saturated rings. The van der Waals surface area contributed by atoms with Crippen molar-refractivity contribution in [3.8, 4) is 0 Å². The predicted molar refractivity (Wildman–Crippen MR) is 145 cm³/mol. The van der Waals surface area contributed by atoms with E-state index in [2.05, 4.69) is 26.7 Å². The number of likely N-dealkylation sites (tertiary alicyclic amines) is 1. The van der Waals surface area contributed by atoms with Crippen molar-refractivity contribution in [2.75, 3.05) is 32.8 Å². The Labute approximate surface area is 224 Å². The quantitative estimate of drug-likeness (QED) is 0.445. The van der Waals surface area contributed by atoms with Gasteiger partial charge in [-0.15, -0.1) is 0 Å². The first-order chi connectivity index (χ1) is 18.1. The Bertz CT molecular complexity index is 1210. The van der Waals surface area contributed by atoms with Gasteiger partial charge in [0.15, 0.2) is 0 Å². The first-order valence-electron chi connectivity index (χ1n) is 13.2. The SMILES string of the molecule is CC1(C)OC(=NC(CCO)c2ccccc2F)NS(=O)(=O)C1Cc1ccc(C2CCN(CCO)CC2)cc1. The number of amidine groups is 1. The van der Waals surface area contributed by atoms with E-state index >= 15 is 0 Å². The van der Waals surface area contributed by atoms with Crippen molar-refractivity contribution < 1.29 is 27.8 Å². The van der Waals surface area contributed by atoms with E-state index in [1.807, 2.05) is 12.1 Å². The second-order valence-corrected chi connectivity index (χ2v) is 12.5. The lowest BCUT2D eigenvalue weighted by atomic mass is 9.88. The maximum atomic E-state index is 14.4. The minimum absolute atomic E-state index is 0.117. The lowest BCUT2D eigenvalue weighted by molar-refractivity contribution is 0.0759. The molecule has 0 radical (unpaired) electrons. The standard InChI is InChI=1S/C28H38FN3O5S/c1-28(2)26(19-20-7-9-21(10-8-20)22-11-14-32(15-12-22)16-18-34)38(35,36)31-27(37-28)30-25(13-17-33)23-5-3-4-6-24(23)29/h3-10,22,25-26,33-34H,11-19H2,1-2H3,(H,30,31). The van der Waals surface area contributed by atoms with Gasteiger partial charge in [-0.25, -0.2) is 22.5 Å². The number of ether oxygens (including phenoxy) is 1.